The second kappa shape index (κ2) is 16.1. The fourth-order valence-corrected chi connectivity index (χ4v) is 5.73. The largest absolute Gasteiger partial charge is 1.00 e. The molecule has 1 aliphatic rings. The first-order valence-corrected chi connectivity index (χ1v) is 14.2. The number of carbonyl (C=O) groups is 1. The summed E-state index contributed by atoms with van der Waals surface area (Å²) >= 11 is 12.3. The number of piperidine rings is 1. The fourth-order valence-electron chi connectivity index (χ4n) is 5.41. The van der Waals surface area contributed by atoms with E-state index in [4.69, 9.17) is 37.4 Å². The van der Waals surface area contributed by atoms with Crippen LogP contribution in [0.4, 0.5) is 10.5 Å². The minimum absolute atomic E-state index is 0. The first-order chi connectivity index (χ1) is 18.6. The van der Waals surface area contributed by atoms with Crippen molar-refractivity contribution in [3.8, 4) is 17.2 Å². The highest BCUT2D eigenvalue weighted by atomic mass is 127. The molecule has 8 nitrogen and oxygen atoms in total. The zero-order chi connectivity index (χ0) is 28.6. The highest BCUT2D eigenvalue weighted by molar-refractivity contribution is 6.42. The monoisotopic (exact) mass is 709 g/mol. The molecule has 2 amide bonds. The first kappa shape index (κ1) is 34.5. The van der Waals surface area contributed by atoms with Crippen LogP contribution in [-0.4, -0.2) is 75.8 Å². The number of nitrogens with one attached hydrogen (secondary N) is 2. The van der Waals surface area contributed by atoms with Crippen LogP contribution in [0.15, 0.2) is 30.3 Å². The average molecular weight is 710 g/mol. The van der Waals surface area contributed by atoms with Gasteiger partial charge in [-0.25, -0.2) is 4.79 Å². The van der Waals surface area contributed by atoms with Crippen LogP contribution in [0.1, 0.15) is 32.3 Å². The molecular formula is C29H42Cl2IN3O5. The summed E-state index contributed by atoms with van der Waals surface area (Å²) in [7, 11) is 4.61. The van der Waals surface area contributed by atoms with Crippen molar-refractivity contribution in [2.24, 2.45) is 11.8 Å². The van der Waals surface area contributed by atoms with Gasteiger partial charge < -0.3 is 58.4 Å². The predicted octanol–water partition coefficient (Wildman–Crippen LogP) is 2.63. The number of benzene rings is 2. The van der Waals surface area contributed by atoms with Gasteiger partial charge in [-0.1, -0.05) is 43.1 Å². The predicted molar refractivity (Wildman–Crippen MR) is 157 cm³/mol. The van der Waals surface area contributed by atoms with Gasteiger partial charge in [0.2, 0.25) is 5.75 Å². The van der Waals surface area contributed by atoms with Crippen LogP contribution in [-0.2, 0) is 6.42 Å². The van der Waals surface area contributed by atoms with E-state index in [-0.39, 0.29) is 48.6 Å². The summed E-state index contributed by atoms with van der Waals surface area (Å²) < 4.78 is 17.0. The van der Waals surface area contributed by atoms with E-state index < -0.39 is 0 Å². The van der Waals surface area contributed by atoms with E-state index in [0.29, 0.717) is 45.4 Å². The summed E-state index contributed by atoms with van der Waals surface area (Å²) in [6.45, 7) is 7.64. The lowest BCUT2D eigenvalue weighted by molar-refractivity contribution is -0.935. The van der Waals surface area contributed by atoms with Crippen molar-refractivity contribution >= 4 is 34.9 Å². The number of aliphatic hydroxyl groups excluding tert-OH is 1. The Morgan fingerprint density at radius 2 is 1.65 bits per heavy atom. The Balaban J connectivity index is 0.00000560. The van der Waals surface area contributed by atoms with E-state index in [1.807, 2.05) is 18.2 Å². The Bertz CT molecular complexity index is 1090. The molecule has 2 aromatic rings. The van der Waals surface area contributed by atoms with Crippen LogP contribution in [0.5, 0.6) is 17.2 Å². The van der Waals surface area contributed by atoms with Gasteiger partial charge in [-0.05, 0) is 48.8 Å². The van der Waals surface area contributed by atoms with Crippen LogP contribution in [0, 0.1) is 11.8 Å². The van der Waals surface area contributed by atoms with Crippen LogP contribution in [0.2, 0.25) is 10.0 Å². The lowest BCUT2D eigenvalue weighted by Gasteiger charge is -2.46. The Labute approximate surface area is 265 Å². The summed E-state index contributed by atoms with van der Waals surface area (Å²) in [6.07, 6.45) is 3.05. The second-order valence-electron chi connectivity index (χ2n) is 10.7. The number of hydrogen-bond donors (Lipinski definition) is 3. The normalized spacial score (nSPS) is 19.4. The molecule has 0 aliphatic carbocycles. The number of nitrogens with zero attached hydrogens (tertiary/aromatic N) is 1. The maximum atomic E-state index is 13.1. The van der Waals surface area contributed by atoms with Crippen LogP contribution in [0.25, 0.3) is 0 Å². The van der Waals surface area contributed by atoms with Gasteiger partial charge in [0.05, 0.1) is 69.3 Å². The number of methoxy groups -OCH3 is 3. The van der Waals surface area contributed by atoms with E-state index in [9.17, 15) is 9.90 Å². The zero-order valence-electron chi connectivity index (χ0n) is 23.9. The summed E-state index contributed by atoms with van der Waals surface area (Å²) in [5.74, 6) is 2.14. The minimum atomic E-state index is -0.306. The van der Waals surface area contributed by atoms with Crippen molar-refractivity contribution < 1.29 is 52.6 Å². The molecule has 0 spiro atoms. The van der Waals surface area contributed by atoms with E-state index in [1.54, 1.807) is 12.1 Å². The number of halogens is 3. The highest BCUT2D eigenvalue weighted by Gasteiger charge is 2.37. The topological polar surface area (TPSA) is 89.1 Å². The maximum Gasteiger partial charge on any atom is 0.319 e. The summed E-state index contributed by atoms with van der Waals surface area (Å²) in [5, 5.41) is 17.2. The smallest absolute Gasteiger partial charge is 0.319 e. The van der Waals surface area contributed by atoms with Crippen LogP contribution in [0.3, 0.4) is 0 Å². The first-order valence-electron chi connectivity index (χ1n) is 13.4. The van der Waals surface area contributed by atoms with Gasteiger partial charge in [0.15, 0.2) is 11.5 Å². The third kappa shape index (κ3) is 9.17. The van der Waals surface area contributed by atoms with Crippen molar-refractivity contribution in [3.05, 3.63) is 45.9 Å². The van der Waals surface area contributed by atoms with Crippen molar-refractivity contribution in [1.82, 2.24) is 5.32 Å². The maximum absolute atomic E-state index is 13.1. The third-order valence-corrected chi connectivity index (χ3v) is 8.47. The molecule has 3 rings (SSSR count). The lowest BCUT2D eigenvalue weighted by Crippen LogP contribution is -3.00. The van der Waals surface area contributed by atoms with Crippen molar-refractivity contribution in [1.29, 1.82) is 0 Å². The molecule has 0 radical (unpaired) electrons. The SMILES string of the molecule is COc1cc(NC(=O)NC(C[N+]2(CCO)CCC(Cc3ccc(Cl)c(Cl)c3)CC2)C(C)C)cc(OC)c1OC.[I-]. The van der Waals surface area contributed by atoms with Crippen LogP contribution >= 0.6 is 23.2 Å². The number of urea groups is 1. The molecule has 1 fully saturated rings. The third-order valence-electron chi connectivity index (χ3n) is 7.73. The second-order valence-corrected chi connectivity index (χ2v) is 11.5. The number of amides is 2. The number of aliphatic hydroxyl groups is 1. The van der Waals surface area contributed by atoms with Crippen LogP contribution < -0.4 is 48.8 Å². The number of carbonyl (C=O) groups excluding carboxylic acids is 1. The van der Waals surface area contributed by atoms with E-state index in [2.05, 4.69) is 24.5 Å². The fraction of sp³-hybridized carbons (Fsp3) is 0.552. The Hall–Kier alpha value is -1.66. The average Bonchev–Trinajstić information content (AvgIpc) is 2.91. The molecule has 40 heavy (non-hydrogen) atoms. The van der Waals surface area contributed by atoms with Gasteiger partial charge in [-0.3, -0.25) is 0 Å². The number of quaternary nitrogens is 1. The molecule has 1 atom stereocenters. The number of hydrogen-bond acceptors (Lipinski definition) is 5. The summed E-state index contributed by atoms with van der Waals surface area (Å²) in [4.78, 5) is 13.1. The molecule has 1 heterocycles. The molecule has 1 saturated heterocycles. The van der Waals surface area contributed by atoms with E-state index >= 15 is 0 Å². The van der Waals surface area contributed by atoms with Gasteiger partial charge in [0.25, 0.3) is 0 Å². The molecular weight excluding hydrogens is 668 g/mol. The van der Waals surface area contributed by atoms with Crippen molar-refractivity contribution in [2.45, 2.75) is 39.2 Å². The zero-order valence-corrected chi connectivity index (χ0v) is 27.6. The van der Waals surface area contributed by atoms with Gasteiger partial charge in [0.1, 0.15) is 6.54 Å². The van der Waals surface area contributed by atoms with Gasteiger partial charge >= 0.3 is 6.03 Å². The Morgan fingerprint density at radius 3 is 2.15 bits per heavy atom. The number of likely N-dealkylation sites (tertiary alicyclic amines) is 1. The highest BCUT2D eigenvalue weighted by Crippen LogP contribution is 2.40. The van der Waals surface area contributed by atoms with Crippen molar-refractivity contribution in [3.63, 3.8) is 0 Å². The molecule has 2 aromatic carbocycles. The van der Waals surface area contributed by atoms with Gasteiger partial charge in [0, 0.05) is 12.1 Å². The summed E-state index contributed by atoms with van der Waals surface area (Å²) in [5.41, 5.74) is 1.73. The lowest BCUT2D eigenvalue weighted by atomic mass is 9.88. The van der Waals surface area contributed by atoms with E-state index in [1.165, 1.54) is 26.9 Å². The molecule has 1 unspecified atom stereocenters. The van der Waals surface area contributed by atoms with Gasteiger partial charge in [-0.2, -0.15) is 0 Å². The molecule has 0 bridgehead atoms. The minimum Gasteiger partial charge on any atom is -1.00 e. The Morgan fingerprint density at radius 1 is 1.02 bits per heavy atom. The standard InChI is InChI=1S/C29H41Cl2N3O5.HI/c1-19(2)25(33-29(36)32-22-16-26(37-3)28(39-5)27(17-22)38-4)18-34(12-13-35)10-8-20(9-11-34)14-21-6-7-23(30)24(31)15-21;/h6-7,15-17,19-20,25,35H,8-14,18H2,1-5H3,(H-,32,33,36);1H. The number of ether oxygens (including phenoxy) is 3. The van der Waals surface area contributed by atoms with E-state index in [0.717, 1.165) is 43.4 Å². The quantitative estimate of drug-likeness (QED) is 0.233. The van der Waals surface area contributed by atoms with Gasteiger partial charge in [-0.15, -0.1) is 0 Å². The molecule has 0 saturated carbocycles. The number of anilines is 1. The molecule has 1 aliphatic heterocycles. The Kier molecular flexibility index (Phi) is 13.9. The molecule has 11 heteroatoms. The summed E-state index contributed by atoms with van der Waals surface area (Å²) in [6, 6.07) is 8.87. The molecule has 3 N–H and O–H groups in total. The van der Waals surface area contributed by atoms with Crippen molar-refractivity contribution in [2.75, 3.05) is 59.4 Å². The molecule has 224 valence electrons. The molecule has 0 aromatic heterocycles. The number of rotatable bonds is 12.